The van der Waals surface area contributed by atoms with Gasteiger partial charge in [0.25, 0.3) is 0 Å². The minimum atomic E-state index is -0.878. The fourth-order valence-electron chi connectivity index (χ4n) is 4.14. The van der Waals surface area contributed by atoms with Crippen molar-refractivity contribution in [3.05, 3.63) is 83.4 Å². The van der Waals surface area contributed by atoms with Gasteiger partial charge in [0.05, 0.1) is 13.0 Å². The standard InChI is InChI=1S/C27H28N2O4/c1-19-15-20(7-9-24(19)21-5-3-2-4-6-21)18-33-23-8-10-25-22(16-23)12-14-29(25)26(30)17-28-13-11-27(31)32/h2-10,15-16,28H,11-14,17-18H2,1H3,(H,31,32). The van der Waals surface area contributed by atoms with E-state index in [2.05, 4.69) is 42.6 Å². The number of nitrogens with one attached hydrogen (secondary N) is 1. The van der Waals surface area contributed by atoms with Gasteiger partial charge in [0, 0.05) is 18.8 Å². The summed E-state index contributed by atoms with van der Waals surface area (Å²) in [7, 11) is 0. The van der Waals surface area contributed by atoms with Gasteiger partial charge < -0.3 is 20.1 Å². The summed E-state index contributed by atoms with van der Waals surface area (Å²) in [6.07, 6.45) is 0.775. The van der Waals surface area contributed by atoms with E-state index in [1.807, 2.05) is 36.4 Å². The average molecular weight is 445 g/mol. The van der Waals surface area contributed by atoms with E-state index in [1.54, 1.807) is 4.90 Å². The molecule has 2 N–H and O–H groups in total. The summed E-state index contributed by atoms with van der Waals surface area (Å²) >= 11 is 0. The first-order chi connectivity index (χ1) is 16.0. The number of anilines is 1. The average Bonchev–Trinajstić information content (AvgIpc) is 3.24. The maximum atomic E-state index is 12.5. The van der Waals surface area contributed by atoms with Crippen LogP contribution in [0.15, 0.2) is 66.7 Å². The van der Waals surface area contributed by atoms with Crippen molar-refractivity contribution in [3.63, 3.8) is 0 Å². The van der Waals surface area contributed by atoms with E-state index >= 15 is 0 Å². The topological polar surface area (TPSA) is 78.9 Å². The van der Waals surface area contributed by atoms with Crippen molar-refractivity contribution in [1.82, 2.24) is 5.32 Å². The number of amides is 1. The number of aryl methyl sites for hydroxylation is 1. The lowest BCUT2D eigenvalue weighted by atomic mass is 9.99. The van der Waals surface area contributed by atoms with Crippen molar-refractivity contribution >= 4 is 17.6 Å². The second-order valence-corrected chi connectivity index (χ2v) is 8.21. The smallest absolute Gasteiger partial charge is 0.304 e. The summed E-state index contributed by atoms with van der Waals surface area (Å²) in [6, 6.07) is 22.6. The highest BCUT2D eigenvalue weighted by atomic mass is 16.5. The van der Waals surface area contributed by atoms with Crippen molar-refractivity contribution in [2.45, 2.75) is 26.4 Å². The van der Waals surface area contributed by atoms with Gasteiger partial charge in [-0.25, -0.2) is 0 Å². The van der Waals surface area contributed by atoms with Gasteiger partial charge in [0.2, 0.25) is 5.91 Å². The summed E-state index contributed by atoms with van der Waals surface area (Å²) < 4.78 is 6.04. The van der Waals surface area contributed by atoms with Crippen LogP contribution in [-0.2, 0) is 22.6 Å². The summed E-state index contributed by atoms with van der Waals surface area (Å²) in [5, 5.41) is 11.6. The molecule has 0 bridgehead atoms. The van der Waals surface area contributed by atoms with E-state index in [9.17, 15) is 9.59 Å². The van der Waals surface area contributed by atoms with Crippen LogP contribution in [-0.4, -0.2) is 36.6 Å². The summed E-state index contributed by atoms with van der Waals surface area (Å²) in [5.41, 5.74) is 6.73. The molecule has 0 fully saturated rings. The molecular formula is C27H28N2O4. The number of carbonyl (C=O) groups is 2. The largest absolute Gasteiger partial charge is 0.489 e. The van der Waals surface area contributed by atoms with E-state index in [4.69, 9.17) is 9.84 Å². The Morgan fingerprint density at radius 3 is 2.64 bits per heavy atom. The number of aliphatic carboxylic acids is 1. The number of benzene rings is 3. The lowest BCUT2D eigenvalue weighted by Crippen LogP contribution is -2.37. The zero-order valence-corrected chi connectivity index (χ0v) is 18.7. The molecule has 0 spiro atoms. The molecule has 170 valence electrons. The molecule has 0 atom stereocenters. The molecule has 1 aliphatic rings. The molecular weight excluding hydrogens is 416 g/mol. The first-order valence-electron chi connectivity index (χ1n) is 11.1. The van der Waals surface area contributed by atoms with Crippen molar-refractivity contribution in [2.24, 2.45) is 0 Å². The summed E-state index contributed by atoms with van der Waals surface area (Å²) in [6.45, 7) is 3.62. The van der Waals surface area contributed by atoms with Gasteiger partial charge in [0.1, 0.15) is 12.4 Å². The molecule has 0 saturated heterocycles. The molecule has 6 nitrogen and oxygen atoms in total. The second kappa shape index (κ2) is 10.3. The normalized spacial score (nSPS) is 12.5. The number of carboxylic acids is 1. The molecule has 0 unspecified atom stereocenters. The third kappa shape index (κ3) is 5.59. The monoisotopic (exact) mass is 444 g/mol. The second-order valence-electron chi connectivity index (χ2n) is 8.21. The van der Waals surface area contributed by atoms with Crippen LogP contribution in [0, 0.1) is 6.92 Å². The van der Waals surface area contributed by atoms with Gasteiger partial charge in [-0.05, 0) is 59.4 Å². The predicted molar refractivity (Wildman–Crippen MR) is 129 cm³/mol. The highest BCUT2D eigenvalue weighted by molar-refractivity contribution is 5.96. The van der Waals surface area contributed by atoms with Crippen molar-refractivity contribution in [2.75, 3.05) is 24.5 Å². The third-order valence-electron chi connectivity index (χ3n) is 5.82. The lowest BCUT2D eigenvalue weighted by Gasteiger charge is -2.18. The predicted octanol–water partition coefficient (Wildman–Crippen LogP) is 4.19. The number of carbonyl (C=O) groups excluding carboxylic acids is 1. The van der Waals surface area contributed by atoms with E-state index in [0.29, 0.717) is 13.2 Å². The van der Waals surface area contributed by atoms with Crippen LogP contribution in [0.2, 0.25) is 0 Å². The Hall–Kier alpha value is -3.64. The van der Waals surface area contributed by atoms with Crippen LogP contribution in [0.5, 0.6) is 5.75 Å². The van der Waals surface area contributed by atoms with Crippen LogP contribution in [0.25, 0.3) is 11.1 Å². The molecule has 1 amide bonds. The molecule has 0 aromatic heterocycles. The molecule has 1 aliphatic heterocycles. The number of ether oxygens (including phenoxy) is 1. The third-order valence-corrected chi connectivity index (χ3v) is 5.82. The zero-order chi connectivity index (χ0) is 23.2. The molecule has 0 radical (unpaired) electrons. The van der Waals surface area contributed by atoms with Crippen molar-refractivity contribution in [1.29, 1.82) is 0 Å². The van der Waals surface area contributed by atoms with Gasteiger partial charge in [0.15, 0.2) is 0 Å². The van der Waals surface area contributed by atoms with Crippen LogP contribution in [0.3, 0.4) is 0 Å². The first-order valence-corrected chi connectivity index (χ1v) is 11.1. The zero-order valence-electron chi connectivity index (χ0n) is 18.7. The molecule has 6 heteroatoms. The number of hydrogen-bond donors (Lipinski definition) is 2. The first kappa shape index (κ1) is 22.6. The van der Waals surface area contributed by atoms with Gasteiger partial charge >= 0.3 is 5.97 Å². The molecule has 3 aromatic carbocycles. The van der Waals surface area contributed by atoms with Crippen LogP contribution in [0.1, 0.15) is 23.1 Å². The molecule has 0 aliphatic carbocycles. The van der Waals surface area contributed by atoms with Crippen LogP contribution >= 0.6 is 0 Å². The Morgan fingerprint density at radius 1 is 1.06 bits per heavy atom. The molecule has 33 heavy (non-hydrogen) atoms. The Kier molecular flexibility index (Phi) is 7.05. The summed E-state index contributed by atoms with van der Waals surface area (Å²) in [5.74, 6) is -0.148. The molecule has 0 saturated carbocycles. The number of carboxylic acid groups (broad SMARTS) is 1. The van der Waals surface area contributed by atoms with Crippen LogP contribution < -0.4 is 15.0 Å². The quantitative estimate of drug-likeness (QED) is 0.484. The number of rotatable bonds is 9. The van der Waals surface area contributed by atoms with Gasteiger partial charge in [-0.15, -0.1) is 0 Å². The van der Waals surface area contributed by atoms with Gasteiger partial charge in [-0.3, -0.25) is 9.59 Å². The minimum absolute atomic E-state index is 0.000920. The summed E-state index contributed by atoms with van der Waals surface area (Å²) in [4.78, 5) is 24.8. The van der Waals surface area contributed by atoms with E-state index in [0.717, 1.165) is 29.0 Å². The maximum absolute atomic E-state index is 12.5. The van der Waals surface area contributed by atoms with Crippen LogP contribution in [0.4, 0.5) is 5.69 Å². The Bertz CT molecular complexity index is 1140. The Labute approximate surface area is 193 Å². The SMILES string of the molecule is Cc1cc(COc2ccc3c(c2)CCN3C(=O)CNCCC(=O)O)ccc1-c1ccccc1. The highest BCUT2D eigenvalue weighted by Crippen LogP contribution is 2.32. The minimum Gasteiger partial charge on any atom is -0.489 e. The fourth-order valence-corrected chi connectivity index (χ4v) is 4.14. The Balaban J connectivity index is 1.35. The number of nitrogens with zero attached hydrogens (tertiary/aromatic N) is 1. The van der Waals surface area contributed by atoms with Gasteiger partial charge in [-0.1, -0.05) is 48.5 Å². The molecule has 1 heterocycles. The number of fused-ring (bicyclic) bond motifs is 1. The van der Waals surface area contributed by atoms with Crippen molar-refractivity contribution < 1.29 is 19.4 Å². The Morgan fingerprint density at radius 2 is 1.88 bits per heavy atom. The maximum Gasteiger partial charge on any atom is 0.304 e. The fraction of sp³-hybridized carbons (Fsp3) is 0.259. The van der Waals surface area contributed by atoms with Gasteiger partial charge in [-0.2, -0.15) is 0 Å². The van der Waals surface area contributed by atoms with E-state index in [-0.39, 0.29) is 25.4 Å². The molecule has 4 rings (SSSR count). The molecule has 3 aromatic rings. The lowest BCUT2D eigenvalue weighted by molar-refractivity contribution is -0.137. The van der Waals surface area contributed by atoms with Crippen molar-refractivity contribution in [3.8, 4) is 16.9 Å². The number of hydrogen-bond acceptors (Lipinski definition) is 4. The highest BCUT2D eigenvalue weighted by Gasteiger charge is 2.24. The van der Waals surface area contributed by atoms with E-state index < -0.39 is 5.97 Å². The van der Waals surface area contributed by atoms with E-state index in [1.165, 1.54) is 16.7 Å².